The van der Waals surface area contributed by atoms with E-state index in [4.69, 9.17) is 4.42 Å². The van der Waals surface area contributed by atoms with Crippen molar-refractivity contribution in [3.8, 4) is 0 Å². The first kappa shape index (κ1) is 10.8. The number of fused-ring (bicyclic) bond motifs is 1. The fourth-order valence-corrected chi connectivity index (χ4v) is 3.20. The van der Waals surface area contributed by atoms with Crippen LogP contribution in [-0.2, 0) is 0 Å². The Kier molecular flexibility index (Phi) is 2.47. The molecule has 2 fully saturated rings. The maximum absolute atomic E-state index is 12.4. The predicted molar refractivity (Wildman–Crippen MR) is 63.8 cm³/mol. The molecule has 0 spiro atoms. The van der Waals surface area contributed by atoms with Crippen LogP contribution in [0.3, 0.4) is 0 Å². The normalized spacial score (nSPS) is 31.9. The second-order valence-electron chi connectivity index (χ2n) is 5.17. The van der Waals surface area contributed by atoms with Gasteiger partial charge in [-0.15, -0.1) is 0 Å². The topological polar surface area (TPSA) is 45.5 Å². The van der Waals surface area contributed by atoms with Crippen LogP contribution in [0.15, 0.2) is 16.7 Å². The Labute approximate surface area is 101 Å². The van der Waals surface area contributed by atoms with Crippen molar-refractivity contribution in [1.29, 1.82) is 0 Å². The second kappa shape index (κ2) is 3.88. The van der Waals surface area contributed by atoms with E-state index < -0.39 is 0 Å². The quantitative estimate of drug-likeness (QED) is 0.796. The standard InChI is InChI=1S/C13H18N2O2/c1-8-12-6-14-5-10(12)7-15(8)13(16)11-3-4-17-9(11)2/h3-4,8,10,12,14H,5-7H2,1-2H3. The van der Waals surface area contributed by atoms with E-state index in [2.05, 4.69) is 12.2 Å². The number of amides is 1. The van der Waals surface area contributed by atoms with Gasteiger partial charge in [-0.2, -0.15) is 0 Å². The van der Waals surface area contributed by atoms with Crippen molar-refractivity contribution < 1.29 is 9.21 Å². The van der Waals surface area contributed by atoms with E-state index in [1.807, 2.05) is 11.8 Å². The summed E-state index contributed by atoms with van der Waals surface area (Å²) in [6.45, 7) is 6.97. The molecule has 1 aromatic heterocycles. The molecule has 1 amide bonds. The first-order valence-electron chi connectivity index (χ1n) is 6.24. The van der Waals surface area contributed by atoms with Crippen molar-refractivity contribution in [2.24, 2.45) is 11.8 Å². The minimum Gasteiger partial charge on any atom is -0.469 e. The second-order valence-corrected chi connectivity index (χ2v) is 5.17. The van der Waals surface area contributed by atoms with Gasteiger partial charge in [-0.3, -0.25) is 4.79 Å². The van der Waals surface area contributed by atoms with Gasteiger partial charge in [0.1, 0.15) is 5.76 Å². The lowest BCUT2D eigenvalue weighted by molar-refractivity contribution is 0.0727. The SMILES string of the molecule is Cc1occc1C(=O)N1CC2CNCC2C1C. The van der Waals surface area contributed by atoms with E-state index in [-0.39, 0.29) is 5.91 Å². The number of hydrogen-bond donors (Lipinski definition) is 1. The van der Waals surface area contributed by atoms with Crippen molar-refractivity contribution in [2.45, 2.75) is 19.9 Å². The van der Waals surface area contributed by atoms with E-state index >= 15 is 0 Å². The van der Waals surface area contributed by atoms with Gasteiger partial charge in [0.25, 0.3) is 5.91 Å². The van der Waals surface area contributed by atoms with Gasteiger partial charge in [-0.05, 0) is 31.7 Å². The summed E-state index contributed by atoms with van der Waals surface area (Å²) in [4.78, 5) is 14.4. The van der Waals surface area contributed by atoms with Crippen LogP contribution in [0.25, 0.3) is 0 Å². The average Bonchev–Trinajstić information content (AvgIpc) is 2.96. The molecular formula is C13H18N2O2. The van der Waals surface area contributed by atoms with Crippen molar-refractivity contribution in [1.82, 2.24) is 10.2 Å². The molecule has 4 heteroatoms. The molecule has 3 unspecified atom stereocenters. The third-order valence-corrected chi connectivity index (χ3v) is 4.28. The molecule has 3 atom stereocenters. The Morgan fingerprint density at radius 1 is 1.53 bits per heavy atom. The Bertz CT molecular complexity index is 440. The molecule has 1 N–H and O–H groups in total. The van der Waals surface area contributed by atoms with Gasteiger partial charge >= 0.3 is 0 Å². The highest BCUT2D eigenvalue weighted by Crippen LogP contribution is 2.33. The molecule has 0 saturated carbocycles. The average molecular weight is 234 g/mol. The highest BCUT2D eigenvalue weighted by molar-refractivity contribution is 5.95. The molecule has 4 nitrogen and oxygen atoms in total. The highest BCUT2D eigenvalue weighted by Gasteiger charge is 2.44. The summed E-state index contributed by atoms with van der Waals surface area (Å²) in [5.74, 6) is 2.09. The van der Waals surface area contributed by atoms with Gasteiger partial charge in [0.2, 0.25) is 0 Å². The van der Waals surface area contributed by atoms with E-state index in [0.717, 1.165) is 25.4 Å². The van der Waals surface area contributed by atoms with Gasteiger partial charge in [0, 0.05) is 25.7 Å². The monoisotopic (exact) mass is 234 g/mol. The number of hydrogen-bond acceptors (Lipinski definition) is 3. The molecule has 0 aliphatic carbocycles. The molecule has 0 bridgehead atoms. The van der Waals surface area contributed by atoms with Crippen LogP contribution >= 0.6 is 0 Å². The fourth-order valence-electron chi connectivity index (χ4n) is 3.20. The summed E-state index contributed by atoms with van der Waals surface area (Å²) in [7, 11) is 0. The van der Waals surface area contributed by atoms with Gasteiger partial charge in [-0.25, -0.2) is 0 Å². The molecule has 92 valence electrons. The molecule has 0 aromatic carbocycles. The van der Waals surface area contributed by atoms with Gasteiger partial charge in [0.15, 0.2) is 0 Å². The summed E-state index contributed by atoms with van der Waals surface area (Å²) in [5.41, 5.74) is 0.713. The Morgan fingerprint density at radius 3 is 3.00 bits per heavy atom. The zero-order valence-corrected chi connectivity index (χ0v) is 10.3. The number of carbonyl (C=O) groups is 1. The van der Waals surface area contributed by atoms with E-state index in [1.54, 1.807) is 12.3 Å². The summed E-state index contributed by atoms with van der Waals surface area (Å²) < 4.78 is 5.21. The lowest BCUT2D eigenvalue weighted by Gasteiger charge is -2.24. The van der Waals surface area contributed by atoms with Crippen LogP contribution in [-0.4, -0.2) is 36.5 Å². The van der Waals surface area contributed by atoms with Gasteiger partial charge in [-0.1, -0.05) is 0 Å². The maximum Gasteiger partial charge on any atom is 0.257 e. The number of likely N-dealkylation sites (tertiary alicyclic amines) is 1. The van der Waals surface area contributed by atoms with E-state index in [1.165, 1.54) is 0 Å². The lowest BCUT2D eigenvalue weighted by Crippen LogP contribution is -2.38. The van der Waals surface area contributed by atoms with Crippen LogP contribution in [0, 0.1) is 18.8 Å². The Hall–Kier alpha value is -1.29. The molecule has 0 radical (unpaired) electrons. The number of nitrogens with zero attached hydrogens (tertiary/aromatic N) is 1. The maximum atomic E-state index is 12.4. The molecule has 2 aliphatic heterocycles. The minimum atomic E-state index is 0.123. The third kappa shape index (κ3) is 1.59. The minimum absolute atomic E-state index is 0.123. The van der Waals surface area contributed by atoms with E-state index in [9.17, 15) is 4.79 Å². The largest absolute Gasteiger partial charge is 0.469 e. The molecule has 1 aromatic rings. The number of furan rings is 1. The van der Waals surface area contributed by atoms with Crippen LogP contribution in [0.1, 0.15) is 23.0 Å². The molecule has 3 heterocycles. The summed E-state index contributed by atoms with van der Waals surface area (Å²) in [6.07, 6.45) is 1.59. The summed E-state index contributed by atoms with van der Waals surface area (Å²) in [5, 5.41) is 3.40. The van der Waals surface area contributed by atoms with Crippen LogP contribution in [0.5, 0.6) is 0 Å². The third-order valence-electron chi connectivity index (χ3n) is 4.28. The first-order chi connectivity index (χ1) is 8.18. The van der Waals surface area contributed by atoms with Crippen molar-refractivity contribution in [2.75, 3.05) is 19.6 Å². The predicted octanol–water partition coefficient (Wildman–Crippen LogP) is 1.27. The van der Waals surface area contributed by atoms with Crippen LogP contribution in [0.2, 0.25) is 0 Å². The Balaban J connectivity index is 1.82. The molecule has 2 aliphatic rings. The molecule has 3 rings (SSSR count). The summed E-state index contributed by atoms with van der Waals surface area (Å²) in [6, 6.07) is 2.10. The van der Waals surface area contributed by atoms with Crippen molar-refractivity contribution in [3.63, 3.8) is 0 Å². The number of nitrogens with one attached hydrogen (secondary N) is 1. The zero-order valence-electron chi connectivity index (χ0n) is 10.3. The number of aryl methyl sites for hydroxylation is 1. The first-order valence-corrected chi connectivity index (χ1v) is 6.24. The molecule has 17 heavy (non-hydrogen) atoms. The number of carbonyl (C=O) groups excluding carboxylic acids is 1. The van der Waals surface area contributed by atoms with E-state index in [0.29, 0.717) is 23.4 Å². The zero-order chi connectivity index (χ0) is 12.0. The molecular weight excluding hydrogens is 216 g/mol. The van der Waals surface area contributed by atoms with Crippen LogP contribution in [0.4, 0.5) is 0 Å². The molecule has 2 saturated heterocycles. The van der Waals surface area contributed by atoms with Crippen LogP contribution < -0.4 is 5.32 Å². The smallest absolute Gasteiger partial charge is 0.257 e. The van der Waals surface area contributed by atoms with Crippen molar-refractivity contribution >= 4 is 5.91 Å². The summed E-state index contributed by atoms with van der Waals surface area (Å²) >= 11 is 0. The highest BCUT2D eigenvalue weighted by atomic mass is 16.3. The lowest BCUT2D eigenvalue weighted by atomic mass is 9.95. The number of rotatable bonds is 1. The Morgan fingerprint density at radius 2 is 2.35 bits per heavy atom. The van der Waals surface area contributed by atoms with Gasteiger partial charge < -0.3 is 14.6 Å². The fraction of sp³-hybridized carbons (Fsp3) is 0.615. The van der Waals surface area contributed by atoms with Crippen molar-refractivity contribution in [3.05, 3.63) is 23.7 Å². The van der Waals surface area contributed by atoms with Gasteiger partial charge in [0.05, 0.1) is 11.8 Å².